The van der Waals surface area contributed by atoms with Gasteiger partial charge in [0.05, 0.1) is 18.2 Å². The molecule has 5 heteroatoms. The Labute approximate surface area is 145 Å². The van der Waals surface area contributed by atoms with E-state index in [4.69, 9.17) is 10.5 Å². The van der Waals surface area contributed by atoms with Crippen LogP contribution in [0.1, 0.15) is 33.3 Å². The largest absolute Gasteiger partial charge is 0.373 e. The van der Waals surface area contributed by atoms with E-state index >= 15 is 0 Å². The average molecular weight is 333 g/mol. The SMILES string of the molecule is CC1CN(C(C)(C)CNC(=O)C(N)Cc2ccccc2)CC(C)O1. The van der Waals surface area contributed by atoms with Gasteiger partial charge in [0.2, 0.25) is 5.91 Å². The van der Waals surface area contributed by atoms with Crippen LogP contribution in [-0.2, 0) is 16.0 Å². The van der Waals surface area contributed by atoms with Crippen molar-refractivity contribution in [1.29, 1.82) is 0 Å². The molecule has 134 valence electrons. The second-order valence-electron chi connectivity index (χ2n) is 7.49. The predicted octanol–water partition coefficient (Wildman–Crippen LogP) is 1.56. The fourth-order valence-corrected chi connectivity index (χ4v) is 3.18. The van der Waals surface area contributed by atoms with E-state index in [2.05, 4.69) is 37.9 Å². The van der Waals surface area contributed by atoms with E-state index in [9.17, 15) is 4.79 Å². The molecule has 2 rings (SSSR count). The Morgan fingerprint density at radius 1 is 1.29 bits per heavy atom. The molecule has 1 heterocycles. The fraction of sp³-hybridized carbons (Fsp3) is 0.632. The molecule has 0 bridgehead atoms. The number of carbonyl (C=O) groups is 1. The topological polar surface area (TPSA) is 67.6 Å². The number of nitrogens with zero attached hydrogens (tertiary/aromatic N) is 1. The number of nitrogens with one attached hydrogen (secondary N) is 1. The van der Waals surface area contributed by atoms with E-state index in [1.54, 1.807) is 0 Å². The van der Waals surface area contributed by atoms with Gasteiger partial charge >= 0.3 is 0 Å². The fourth-order valence-electron chi connectivity index (χ4n) is 3.18. The van der Waals surface area contributed by atoms with Crippen LogP contribution in [0.3, 0.4) is 0 Å². The molecule has 0 aromatic heterocycles. The normalized spacial score (nSPS) is 23.7. The van der Waals surface area contributed by atoms with Crippen LogP contribution in [0.5, 0.6) is 0 Å². The molecule has 3 atom stereocenters. The summed E-state index contributed by atoms with van der Waals surface area (Å²) in [6.45, 7) is 10.8. The zero-order valence-electron chi connectivity index (χ0n) is 15.3. The molecule has 1 aliphatic rings. The van der Waals surface area contributed by atoms with E-state index in [1.807, 2.05) is 30.3 Å². The Kier molecular flexibility index (Phi) is 6.38. The van der Waals surface area contributed by atoms with Gasteiger partial charge in [-0.3, -0.25) is 9.69 Å². The molecule has 0 radical (unpaired) electrons. The van der Waals surface area contributed by atoms with Crippen LogP contribution < -0.4 is 11.1 Å². The second kappa shape index (κ2) is 8.10. The van der Waals surface area contributed by atoms with Crippen LogP contribution in [0.4, 0.5) is 0 Å². The molecule has 1 amide bonds. The minimum atomic E-state index is -0.522. The lowest BCUT2D eigenvalue weighted by atomic mass is 9.99. The van der Waals surface area contributed by atoms with Gasteiger partial charge in [-0.25, -0.2) is 0 Å². The third-order valence-electron chi connectivity index (χ3n) is 4.61. The summed E-state index contributed by atoms with van der Waals surface area (Å²) in [5.74, 6) is -0.0960. The lowest BCUT2D eigenvalue weighted by Gasteiger charge is -2.45. The number of amides is 1. The van der Waals surface area contributed by atoms with Crippen molar-refractivity contribution in [3.05, 3.63) is 35.9 Å². The number of nitrogens with two attached hydrogens (primary N) is 1. The zero-order valence-corrected chi connectivity index (χ0v) is 15.3. The molecule has 3 N–H and O–H groups in total. The lowest BCUT2D eigenvalue weighted by molar-refractivity contribution is -0.124. The number of carbonyl (C=O) groups excluding carboxylic acids is 1. The molecular weight excluding hydrogens is 302 g/mol. The summed E-state index contributed by atoms with van der Waals surface area (Å²) in [6, 6.07) is 9.35. The highest BCUT2D eigenvalue weighted by Gasteiger charge is 2.33. The molecular formula is C19H31N3O2. The van der Waals surface area contributed by atoms with Gasteiger partial charge in [0.15, 0.2) is 0 Å². The molecule has 24 heavy (non-hydrogen) atoms. The highest BCUT2D eigenvalue weighted by molar-refractivity contribution is 5.81. The van der Waals surface area contributed by atoms with Crippen molar-refractivity contribution >= 4 is 5.91 Å². The van der Waals surface area contributed by atoms with Crippen LogP contribution in [0.25, 0.3) is 0 Å². The molecule has 1 fully saturated rings. The van der Waals surface area contributed by atoms with Gasteiger partial charge in [-0.1, -0.05) is 30.3 Å². The monoisotopic (exact) mass is 333 g/mol. The van der Waals surface area contributed by atoms with Gasteiger partial charge < -0.3 is 15.8 Å². The maximum atomic E-state index is 12.3. The molecule has 0 aliphatic carbocycles. The van der Waals surface area contributed by atoms with E-state index in [0.29, 0.717) is 13.0 Å². The number of rotatable bonds is 6. The molecule has 1 aromatic rings. The van der Waals surface area contributed by atoms with Crippen LogP contribution in [0.15, 0.2) is 30.3 Å². The predicted molar refractivity (Wildman–Crippen MR) is 96.8 cm³/mol. The maximum Gasteiger partial charge on any atom is 0.237 e. The van der Waals surface area contributed by atoms with Gasteiger partial charge in [0.1, 0.15) is 0 Å². The Balaban J connectivity index is 1.85. The first-order valence-corrected chi connectivity index (χ1v) is 8.75. The number of hydrogen-bond acceptors (Lipinski definition) is 4. The lowest BCUT2D eigenvalue weighted by Crippen LogP contribution is -2.59. The Hall–Kier alpha value is -1.43. The summed E-state index contributed by atoms with van der Waals surface area (Å²) in [7, 11) is 0. The first-order valence-electron chi connectivity index (χ1n) is 8.75. The van der Waals surface area contributed by atoms with Crippen molar-refractivity contribution in [2.24, 2.45) is 5.73 Å². The number of hydrogen-bond donors (Lipinski definition) is 2. The molecule has 0 spiro atoms. The van der Waals surface area contributed by atoms with Crippen LogP contribution >= 0.6 is 0 Å². The smallest absolute Gasteiger partial charge is 0.237 e. The van der Waals surface area contributed by atoms with Gasteiger partial charge in [0, 0.05) is 25.2 Å². The van der Waals surface area contributed by atoms with Crippen LogP contribution in [0, 0.1) is 0 Å². The van der Waals surface area contributed by atoms with Crippen LogP contribution in [0.2, 0.25) is 0 Å². The van der Waals surface area contributed by atoms with Crippen molar-refractivity contribution in [2.45, 2.75) is 57.9 Å². The van der Waals surface area contributed by atoms with Crippen molar-refractivity contribution in [3.8, 4) is 0 Å². The highest BCUT2D eigenvalue weighted by Crippen LogP contribution is 2.20. The Bertz CT molecular complexity index is 523. The summed E-state index contributed by atoms with van der Waals surface area (Å²) in [6.07, 6.45) is 0.978. The van der Waals surface area contributed by atoms with E-state index < -0.39 is 6.04 Å². The average Bonchev–Trinajstić information content (AvgIpc) is 2.52. The highest BCUT2D eigenvalue weighted by atomic mass is 16.5. The maximum absolute atomic E-state index is 12.3. The Morgan fingerprint density at radius 3 is 2.46 bits per heavy atom. The third kappa shape index (κ3) is 5.30. The van der Waals surface area contributed by atoms with Crippen molar-refractivity contribution in [2.75, 3.05) is 19.6 Å². The molecule has 1 saturated heterocycles. The number of ether oxygens (including phenoxy) is 1. The minimum absolute atomic E-state index is 0.0960. The summed E-state index contributed by atoms with van der Waals surface area (Å²) >= 11 is 0. The molecule has 1 aliphatic heterocycles. The standard InChI is InChI=1S/C19H31N3O2/c1-14-11-22(12-15(2)24-14)19(3,4)13-21-18(23)17(20)10-16-8-6-5-7-9-16/h5-9,14-15,17H,10-13,20H2,1-4H3,(H,21,23). The Morgan fingerprint density at radius 2 is 1.88 bits per heavy atom. The van der Waals surface area contributed by atoms with Crippen LogP contribution in [-0.4, -0.2) is 54.2 Å². The number of benzene rings is 1. The van der Waals surface area contributed by atoms with Crippen molar-refractivity contribution in [3.63, 3.8) is 0 Å². The summed E-state index contributed by atoms with van der Waals surface area (Å²) in [5, 5.41) is 3.02. The molecule has 5 nitrogen and oxygen atoms in total. The summed E-state index contributed by atoms with van der Waals surface area (Å²) in [5.41, 5.74) is 7.00. The minimum Gasteiger partial charge on any atom is -0.373 e. The van der Waals surface area contributed by atoms with E-state index in [-0.39, 0.29) is 23.7 Å². The molecule has 0 saturated carbocycles. The number of morpholine rings is 1. The molecule has 1 aromatic carbocycles. The second-order valence-corrected chi connectivity index (χ2v) is 7.49. The quantitative estimate of drug-likeness (QED) is 0.829. The van der Waals surface area contributed by atoms with Gasteiger partial charge in [-0.2, -0.15) is 0 Å². The van der Waals surface area contributed by atoms with Gasteiger partial charge in [0.25, 0.3) is 0 Å². The first kappa shape index (κ1) is 18.9. The molecule has 3 unspecified atom stereocenters. The summed E-state index contributed by atoms with van der Waals surface area (Å²) in [4.78, 5) is 14.7. The third-order valence-corrected chi connectivity index (χ3v) is 4.61. The summed E-state index contributed by atoms with van der Waals surface area (Å²) < 4.78 is 5.79. The van der Waals surface area contributed by atoms with Crippen molar-refractivity contribution < 1.29 is 9.53 Å². The van der Waals surface area contributed by atoms with E-state index in [0.717, 1.165) is 18.7 Å². The first-order chi connectivity index (χ1) is 11.3. The van der Waals surface area contributed by atoms with E-state index in [1.165, 1.54) is 0 Å². The zero-order chi connectivity index (χ0) is 17.7. The van der Waals surface area contributed by atoms with Gasteiger partial charge in [-0.05, 0) is 39.7 Å². The van der Waals surface area contributed by atoms with Gasteiger partial charge in [-0.15, -0.1) is 0 Å². The van der Waals surface area contributed by atoms with Crippen molar-refractivity contribution in [1.82, 2.24) is 10.2 Å².